The molecule has 92 valence electrons. The third-order valence-electron chi connectivity index (χ3n) is 2.51. The van der Waals surface area contributed by atoms with E-state index in [2.05, 4.69) is 45.3 Å². The number of rotatable bonds is 3. The monoisotopic (exact) mass is 226 g/mol. The number of carbonyl (C=O) groups excluding carboxylic acids is 2. The van der Waals surface area contributed by atoms with Crippen molar-refractivity contribution in [3.63, 3.8) is 0 Å². The Bertz CT molecular complexity index is 303. The van der Waals surface area contributed by atoms with Gasteiger partial charge in [-0.05, 0) is 25.7 Å². The second-order valence-corrected chi connectivity index (χ2v) is 6.43. The van der Waals surface area contributed by atoms with Crippen LogP contribution in [0.1, 0.15) is 47.5 Å². The Balaban J connectivity index is 2.59. The number of hydrogen-bond acceptors (Lipinski definition) is 3. The second-order valence-electron chi connectivity index (χ2n) is 6.43. The number of carbonyl (C=O) groups is 2. The summed E-state index contributed by atoms with van der Waals surface area (Å²) in [6, 6.07) is -0.371. The van der Waals surface area contributed by atoms with Crippen LogP contribution in [0.25, 0.3) is 0 Å². The van der Waals surface area contributed by atoms with Crippen molar-refractivity contribution in [3.05, 3.63) is 0 Å². The molecular formula is C12H22N2O2. The molecule has 1 fully saturated rings. The van der Waals surface area contributed by atoms with E-state index in [4.69, 9.17) is 0 Å². The Morgan fingerprint density at radius 2 is 1.81 bits per heavy atom. The minimum Gasteiger partial charge on any atom is -0.300 e. The summed E-state index contributed by atoms with van der Waals surface area (Å²) in [5.41, 5.74) is 0.0421. The summed E-state index contributed by atoms with van der Waals surface area (Å²) < 4.78 is 0. The molecule has 0 aromatic carbocycles. The van der Waals surface area contributed by atoms with Gasteiger partial charge < -0.3 is 5.32 Å². The van der Waals surface area contributed by atoms with Crippen molar-refractivity contribution in [2.24, 2.45) is 5.41 Å². The van der Waals surface area contributed by atoms with Crippen LogP contribution in [0.4, 0.5) is 0 Å². The molecule has 1 aliphatic heterocycles. The van der Waals surface area contributed by atoms with Gasteiger partial charge in [0.15, 0.2) is 0 Å². The highest BCUT2D eigenvalue weighted by molar-refractivity contribution is 6.05. The average Bonchev–Trinajstić information content (AvgIpc) is 2.22. The summed E-state index contributed by atoms with van der Waals surface area (Å²) in [6.07, 6.45) is 1.20. The van der Waals surface area contributed by atoms with E-state index in [9.17, 15) is 9.59 Å². The van der Waals surface area contributed by atoms with Gasteiger partial charge >= 0.3 is 0 Å². The number of amides is 2. The third-order valence-corrected chi connectivity index (χ3v) is 2.51. The van der Waals surface area contributed by atoms with Crippen LogP contribution < -0.4 is 10.6 Å². The molecule has 2 amide bonds. The van der Waals surface area contributed by atoms with Crippen LogP contribution in [-0.2, 0) is 9.59 Å². The topological polar surface area (TPSA) is 58.2 Å². The molecule has 2 N–H and O–H groups in total. The first-order valence-electron chi connectivity index (χ1n) is 5.70. The average molecular weight is 226 g/mol. The number of imide groups is 1. The van der Waals surface area contributed by atoms with Crippen LogP contribution in [-0.4, -0.2) is 23.4 Å². The Morgan fingerprint density at radius 1 is 1.25 bits per heavy atom. The van der Waals surface area contributed by atoms with E-state index in [1.54, 1.807) is 0 Å². The largest absolute Gasteiger partial charge is 0.300 e. The van der Waals surface area contributed by atoms with Crippen molar-refractivity contribution in [1.29, 1.82) is 0 Å². The van der Waals surface area contributed by atoms with Gasteiger partial charge in [0.25, 0.3) is 0 Å². The maximum absolute atomic E-state index is 11.4. The SMILES string of the molecule is CC(C)(C)CC(C)(C)NC1CC(=O)NC1=O. The van der Waals surface area contributed by atoms with Crippen LogP contribution in [0.2, 0.25) is 0 Å². The quantitative estimate of drug-likeness (QED) is 0.711. The first kappa shape index (κ1) is 13.2. The molecule has 1 atom stereocenters. The molecule has 0 spiro atoms. The Labute approximate surface area is 97.2 Å². The summed E-state index contributed by atoms with van der Waals surface area (Å²) in [6.45, 7) is 10.6. The molecule has 0 bridgehead atoms. The second kappa shape index (κ2) is 4.17. The molecule has 1 aliphatic rings. The predicted molar refractivity (Wildman–Crippen MR) is 62.8 cm³/mol. The van der Waals surface area contributed by atoms with Crippen LogP contribution in [0, 0.1) is 5.41 Å². The van der Waals surface area contributed by atoms with Crippen LogP contribution >= 0.6 is 0 Å². The van der Waals surface area contributed by atoms with Gasteiger partial charge in [-0.25, -0.2) is 0 Å². The molecule has 0 aromatic rings. The molecule has 0 aromatic heterocycles. The molecule has 0 saturated carbocycles. The smallest absolute Gasteiger partial charge is 0.244 e. The van der Waals surface area contributed by atoms with Crippen LogP contribution in [0.5, 0.6) is 0 Å². The lowest BCUT2D eigenvalue weighted by atomic mass is 9.81. The highest BCUT2D eigenvalue weighted by Crippen LogP contribution is 2.27. The highest BCUT2D eigenvalue weighted by Gasteiger charge is 2.35. The molecule has 1 unspecified atom stereocenters. The standard InChI is InChI=1S/C12H22N2O2/c1-11(2,3)7-12(4,5)14-8-6-9(15)13-10(8)16/h8,14H,6-7H2,1-5H3,(H,13,15,16). The predicted octanol–water partition coefficient (Wildman–Crippen LogP) is 1.21. The van der Waals surface area contributed by atoms with Gasteiger partial charge in [0.05, 0.1) is 12.5 Å². The summed E-state index contributed by atoms with van der Waals surface area (Å²) in [7, 11) is 0. The van der Waals surface area contributed by atoms with Crippen LogP contribution in [0.15, 0.2) is 0 Å². The molecular weight excluding hydrogens is 204 g/mol. The van der Waals surface area contributed by atoms with Gasteiger partial charge in [0.1, 0.15) is 0 Å². The maximum Gasteiger partial charge on any atom is 0.244 e. The first-order chi connectivity index (χ1) is 7.09. The van der Waals surface area contributed by atoms with Gasteiger partial charge in [0.2, 0.25) is 11.8 Å². The Hall–Kier alpha value is -0.900. The molecule has 4 nitrogen and oxygen atoms in total. The van der Waals surface area contributed by atoms with Crippen molar-refractivity contribution in [3.8, 4) is 0 Å². The van der Waals surface area contributed by atoms with Crippen molar-refractivity contribution < 1.29 is 9.59 Å². The van der Waals surface area contributed by atoms with E-state index in [1.807, 2.05) is 0 Å². The Morgan fingerprint density at radius 3 is 2.19 bits per heavy atom. The zero-order valence-corrected chi connectivity index (χ0v) is 10.8. The fraction of sp³-hybridized carbons (Fsp3) is 0.833. The van der Waals surface area contributed by atoms with Gasteiger partial charge in [-0.1, -0.05) is 20.8 Å². The summed E-state index contributed by atoms with van der Waals surface area (Å²) in [5.74, 6) is -0.388. The summed E-state index contributed by atoms with van der Waals surface area (Å²) in [5, 5.41) is 5.57. The lowest BCUT2D eigenvalue weighted by Gasteiger charge is -2.35. The van der Waals surface area contributed by atoms with Crippen LogP contribution in [0.3, 0.4) is 0 Å². The third kappa shape index (κ3) is 3.93. The van der Waals surface area contributed by atoms with Gasteiger partial charge in [-0.3, -0.25) is 14.9 Å². The molecule has 1 saturated heterocycles. The van der Waals surface area contributed by atoms with Crippen molar-refractivity contribution in [2.75, 3.05) is 0 Å². The fourth-order valence-corrected chi connectivity index (χ4v) is 2.52. The fourth-order valence-electron chi connectivity index (χ4n) is 2.52. The molecule has 1 rings (SSSR count). The minimum absolute atomic E-state index is 0.148. The van der Waals surface area contributed by atoms with E-state index in [0.717, 1.165) is 6.42 Å². The van der Waals surface area contributed by atoms with Crippen molar-refractivity contribution in [2.45, 2.75) is 59.0 Å². The van der Waals surface area contributed by atoms with E-state index in [1.165, 1.54) is 0 Å². The minimum atomic E-state index is -0.371. The van der Waals surface area contributed by atoms with E-state index in [-0.39, 0.29) is 35.2 Å². The Kier molecular flexibility index (Phi) is 3.43. The maximum atomic E-state index is 11.4. The van der Waals surface area contributed by atoms with Crippen molar-refractivity contribution >= 4 is 11.8 Å². The van der Waals surface area contributed by atoms with E-state index >= 15 is 0 Å². The summed E-state index contributed by atoms with van der Waals surface area (Å²) >= 11 is 0. The molecule has 1 heterocycles. The van der Waals surface area contributed by atoms with E-state index < -0.39 is 0 Å². The first-order valence-corrected chi connectivity index (χ1v) is 5.70. The molecule has 0 radical (unpaired) electrons. The highest BCUT2D eigenvalue weighted by atomic mass is 16.2. The summed E-state index contributed by atoms with van der Waals surface area (Å²) in [4.78, 5) is 22.5. The van der Waals surface area contributed by atoms with Gasteiger partial charge in [-0.2, -0.15) is 0 Å². The lowest BCUT2D eigenvalue weighted by molar-refractivity contribution is -0.125. The zero-order chi connectivity index (χ0) is 12.6. The van der Waals surface area contributed by atoms with E-state index in [0.29, 0.717) is 0 Å². The molecule has 4 heteroatoms. The lowest BCUT2D eigenvalue weighted by Crippen LogP contribution is -2.50. The number of hydrogen-bond donors (Lipinski definition) is 2. The van der Waals surface area contributed by atoms with Crippen molar-refractivity contribution in [1.82, 2.24) is 10.6 Å². The molecule has 16 heavy (non-hydrogen) atoms. The van der Waals surface area contributed by atoms with Gasteiger partial charge in [-0.15, -0.1) is 0 Å². The zero-order valence-electron chi connectivity index (χ0n) is 10.8. The van der Waals surface area contributed by atoms with Gasteiger partial charge in [0, 0.05) is 5.54 Å². The normalized spacial score (nSPS) is 22.4. The molecule has 0 aliphatic carbocycles. The number of nitrogens with one attached hydrogen (secondary N) is 2.